The summed E-state index contributed by atoms with van der Waals surface area (Å²) < 4.78 is 0. The SMILES string of the molecule is CCc1ccccc1NC(=O)NC1C[C@H]2CCC[C@@H](C1)N2CC(C)C. The molecule has 0 saturated carbocycles. The molecule has 2 saturated heterocycles. The number of hydrogen-bond donors (Lipinski definition) is 2. The molecule has 1 unspecified atom stereocenters. The largest absolute Gasteiger partial charge is 0.335 e. The summed E-state index contributed by atoms with van der Waals surface area (Å²) in [6.45, 7) is 7.92. The average Bonchev–Trinajstić information content (AvgIpc) is 2.55. The second-order valence-corrected chi connectivity index (χ2v) is 8.11. The van der Waals surface area contributed by atoms with E-state index in [4.69, 9.17) is 0 Å². The second kappa shape index (κ2) is 8.22. The molecular weight excluding hydrogens is 310 g/mol. The number of anilines is 1. The number of carbonyl (C=O) groups is 1. The van der Waals surface area contributed by atoms with Crippen molar-refractivity contribution in [2.75, 3.05) is 11.9 Å². The van der Waals surface area contributed by atoms with Gasteiger partial charge in [0.2, 0.25) is 0 Å². The molecule has 4 nitrogen and oxygen atoms in total. The van der Waals surface area contributed by atoms with Crippen molar-refractivity contribution in [2.45, 2.75) is 77.4 Å². The van der Waals surface area contributed by atoms with Crippen LogP contribution in [-0.2, 0) is 6.42 Å². The Morgan fingerprint density at radius 1 is 1.20 bits per heavy atom. The van der Waals surface area contributed by atoms with E-state index in [2.05, 4.69) is 42.4 Å². The summed E-state index contributed by atoms with van der Waals surface area (Å²) in [5.41, 5.74) is 2.11. The Labute approximate surface area is 152 Å². The number of nitrogens with one attached hydrogen (secondary N) is 2. The summed E-state index contributed by atoms with van der Waals surface area (Å²) in [7, 11) is 0. The monoisotopic (exact) mass is 343 g/mol. The van der Waals surface area contributed by atoms with Crippen LogP contribution in [0.1, 0.15) is 58.4 Å². The molecule has 0 aromatic heterocycles. The van der Waals surface area contributed by atoms with Gasteiger partial charge in [-0.05, 0) is 49.7 Å². The molecule has 0 spiro atoms. The minimum Gasteiger partial charge on any atom is -0.335 e. The van der Waals surface area contributed by atoms with Crippen molar-refractivity contribution in [1.29, 1.82) is 0 Å². The topological polar surface area (TPSA) is 44.4 Å². The molecule has 3 atom stereocenters. The van der Waals surface area contributed by atoms with Gasteiger partial charge in [-0.2, -0.15) is 0 Å². The molecule has 2 fully saturated rings. The number of para-hydroxylation sites is 1. The molecule has 2 bridgehead atoms. The van der Waals surface area contributed by atoms with Crippen LogP contribution in [0, 0.1) is 5.92 Å². The van der Waals surface area contributed by atoms with E-state index in [1.165, 1.54) is 31.4 Å². The molecule has 1 aromatic carbocycles. The number of piperidine rings is 2. The van der Waals surface area contributed by atoms with Gasteiger partial charge in [-0.3, -0.25) is 4.90 Å². The van der Waals surface area contributed by atoms with Gasteiger partial charge in [0.25, 0.3) is 0 Å². The third-order valence-corrected chi connectivity index (χ3v) is 5.68. The summed E-state index contributed by atoms with van der Waals surface area (Å²) >= 11 is 0. The molecule has 0 aliphatic carbocycles. The maximum absolute atomic E-state index is 12.5. The smallest absolute Gasteiger partial charge is 0.319 e. The first kappa shape index (κ1) is 18.2. The molecule has 25 heavy (non-hydrogen) atoms. The minimum atomic E-state index is -0.0544. The van der Waals surface area contributed by atoms with E-state index in [1.54, 1.807) is 0 Å². The number of benzene rings is 1. The highest BCUT2D eigenvalue weighted by atomic mass is 16.2. The first-order chi connectivity index (χ1) is 12.1. The van der Waals surface area contributed by atoms with Gasteiger partial charge in [0.1, 0.15) is 0 Å². The maximum Gasteiger partial charge on any atom is 0.319 e. The van der Waals surface area contributed by atoms with Crippen LogP contribution in [0.4, 0.5) is 10.5 Å². The van der Waals surface area contributed by atoms with Gasteiger partial charge in [-0.1, -0.05) is 45.4 Å². The lowest BCUT2D eigenvalue weighted by Gasteiger charge is -2.49. The minimum absolute atomic E-state index is 0.0544. The van der Waals surface area contributed by atoms with Gasteiger partial charge in [0.05, 0.1) is 0 Å². The zero-order valence-corrected chi connectivity index (χ0v) is 15.9. The molecule has 0 radical (unpaired) electrons. The maximum atomic E-state index is 12.5. The van der Waals surface area contributed by atoms with Crippen molar-refractivity contribution < 1.29 is 4.79 Å². The molecule has 2 aliphatic rings. The third-order valence-electron chi connectivity index (χ3n) is 5.68. The van der Waals surface area contributed by atoms with E-state index in [0.717, 1.165) is 24.9 Å². The number of aryl methyl sites for hydroxylation is 1. The van der Waals surface area contributed by atoms with E-state index >= 15 is 0 Å². The fourth-order valence-corrected chi connectivity index (χ4v) is 4.61. The molecule has 138 valence electrons. The van der Waals surface area contributed by atoms with Gasteiger partial charge in [0, 0.05) is 30.4 Å². The molecule has 2 aliphatic heterocycles. The summed E-state index contributed by atoms with van der Waals surface area (Å²) in [5.74, 6) is 0.710. The van der Waals surface area contributed by atoms with E-state index in [9.17, 15) is 4.79 Å². The number of hydrogen-bond acceptors (Lipinski definition) is 2. The molecule has 1 aromatic rings. The highest BCUT2D eigenvalue weighted by molar-refractivity contribution is 5.90. The Balaban J connectivity index is 1.58. The van der Waals surface area contributed by atoms with Crippen molar-refractivity contribution in [3.63, 3.8) is 0 Å². The quantitative estimate of drug-likeness (QED) is 0.831. The van der Waals surface area contributed by atoms with E-state index in [0.29, 0.717) is 24.0 Å². The van der Waals surface area contributed by atoms with E-state index in [1.807, 2.05) is 18.2 Å². The third kappa shape index (κ3) is 4.55. The molecule has 2 amide bonds. The molecule has 2 heterocycles. The van der Waals surface area contributed by atoms with Crippen molar-refractivity contribution in [2.24, 2.45) is 5.92 Å². The van der Waals surface area contributed by atoms with Gasteiger partial charge in [0.15, 0.2) is 0 Å². The zero-order chi connectivity index (χ0) is 17.8. The lowest BCUT2D eigenvalue weighted by atomic mass is 9.81. The number of nitrogens with zero attached hydrogens (tertiary/aromatic N) is 1. The highest BCUT2D eigenvalue weighted by Gasteiger charge is 2.38. The van der Waals surface area contributed by atoms with E-state index in [-0.39, 0.29) is 6.03 Å². The Kier molecular flexibility index (Phi) is 6.00. The van der Waals surface area contributed by atoms with Crippen LogP contribution >= 0.6 is 0 Å². The zero-order valence-electron chi connectivity index (χ0n) is 15.9. The van der Waals surface area contributed by atoms with Crippen molar-refractivity contribution >= 4 is 11.7 Å². The van der Waals surface area contributed by atoms with Crippen molar-refractivity contribution in [1.82, 2.24) is 10.2 Å². The van der Waals surface area contributed by atoms with Crippen LogP contribution in [0.5, 0.6) is 0 Å². The van der Waals surface area contributed by atoms with Crippen LogP contribution in [0.2, 0.25) is 0 Å². The summed E-state index contributed by atoms with van der Waals surface area (Å²) in [5, 5.41) is 6.30. The fraction of sp³-hybridized carbons (Fsp3) is 0.667. The first-order valence-corrected chi connectivity index (χ1v) is 9.98. The number of carbonyl (C=O) groups excluding carboxylic acids is 1. The molecular formula is C21H33N3O. The standard InChI is InChI=1S/C21H33N3O/c1-4-16-8-5-6-11-20(16)23-21(25)22-17-12-18-9-7-10-19(13-17)24(18)14-15(2)3/h5-6,8,11,15,17-19H,4,7,9-10,12-14H2,1-3H3,(H2,22,23,25)/t17?,18-,19+. The fourth-order valence-electron chi connectivity index (χ4n) is 4.61. The lowest BCUT2D eigenvalue weighted by Crippen LogP contribution is -2.58. The van der Waals surface area contributed by atoms with Crippen LogP contribution in [0.3, 0.4) is 0 Å². The predicted molar refractivity (Wildman–Crippen MR) is 104 cm³/mol. The van der Waals surface area contributed by atoms with Gasteiger partial charge in [-0.25, -0.2) is 4.79 Å². The highest BCUT2D eigenvalue weighted by Crippen LogP contribution is 2.34. The number of rotatable bonds is 5. The van der Waals surface area contributed by atoms with Crippen LogP contribution < -0.4 is 10.6 Å². The average molecular weight is 344 g/mol. The Bertz CT molecular complexity index is 572. The predicted octanol–water partition coefficient (Wildman–Crippen LogP) is 4.41. The Morgan fingerprint density at radius 2 is 1.88 bits per heavy atom. The van der Waals surface area contributed by atoms with Gasteiger partial charge in [-0.15, -0.1) is 0 Å². The van der Waals surface area contributed by atoms with Crippen LogP contribution in [0.15, 0.2) is 24.3 Å². The number of amides is 2. The number of fused-ring (bicyclic) bond motifs is 2. The summed E-state index contributed by atoms with van der Waals surface area (Å²) in [4.78, 5) is 15.2. The Morgan fingerprint density at radius 3 is 2.52 bits per heavy atom. The van der Waals surface area contributed by atoms with Crippen LogP contribution in [0.25, 0.3) is 0 Å². The van der Waals surface area contributed by atoms with Crippen molar-refractivity contribution in [3.8, 4) is 0 Å². The second-order valence-electron chi connectivity index (χ2n) is 8.11. The Hall–Kier alpha value is -1.55. The normalized spacial score (nSPS) is 26.5. The first-order valence-electron chi connectivity index (χ1n) is 9.98. The van der Waals surface area contributed by atoms with Crippen molar-refractivity contribution in [3.05, 3.63) is 29.8 Å². The van der Waals surface area contributed by atoms with Crippen LogP contribution in [-0.4, -0.2) is 35.6 Å². The van der Waals surface area contributed by atoms with Gasteiger partial charge >= 0.3 is 6.03 Å². The number of urea groups is 1. The molecule has 3 rings (SSSR count). The van der Waals surface area contributed by atoms with E-state index < -0.39 is 0 Å². The molecule has 4 heteroatoms. The lowest BCUT2D eigenvalue weighted by molar-refractivity contribution is 0.0180. The van der Waals surface area contributed by atoms with Gasteiger partial charge < -0.3 is 10.6 Å². The summed E-state index contributed by atoms with van der Waals surface area (Å²) in [6, 6.07) is 9.58. The molecule has 2 N–H and O–H groups in total. The summed E-state index contributed by atoms with van der Waals surface area (Å²) in [6.07, 6.45) is 7.00.